The second kappa shape index (κ2) is 8.67. The van der Waals surface area contributed by atoms with Crippen LogP contribution in [0.25, 0.3) is 10.9 Å². The van der Waals surface area contributed by atoms with Crippen LogP contribution in [0.3, 0.4) is 0 Å². The Morgan fingerprint density at radius 2 is 1.89 bits per heavy atom. The molecule has 3 rings (SSSR count). The molecule has 0 saturated carbocycles. The number of hydrogen-bond acceptors (Lipinski definition) is 5. The second-order valence-corrected chi connectivity index (χ2v) is 6.41. The van der Waals surface area contributed by atoms with E-state index in [-0.39, 0.29) is 12.0 Å². The van der Waals surface area contributed by atoms with Gasteiger partial charge < -0.3 is 14.9 Å². The van der Waals surface area contributed by atoms with Gasteiger partial charge in [-0.05, 0) is 29.8 Å². The summed E-state index contributed by atoms with van der Waals surface area (Å²) in [6, 6.07) is 14.1. The summed E-state index contributed by atoms with van der Waals surface area (Å²) in [5.41, 5.74) is 1.31. The van der Waals surface area contributed by atoms with Crippen molar-refractivity contribution in [1.29, 1.82) is 0 Å². The minimum Gasteiger partial charge on any atom is -0.492 e. The Kier molecular flexibility index (Phi) is 6.06. The highest BCUT2D eigenvalue weighted by Gasteiger charge is 2.13. The van der Waals surface area contributed by atoms with Crippen molar-refractivity contribution < 1.29 is 19.7 Å². The number of para-hydroxylation sites is 1. The summed E-state index contributed by atoms with van der Waals surface area (Å²) in [4.78, 5) is 28.0. The fourth-order valence-corrected chi connectivity index (χ4v) is 3.00. The summed E-state index contributed by atoms with van der Waals surface area (Å²) in [5, 5.41) is 18.7. The van der Waals surface area contributed by atoms with Gasteiger partial charge in [0.05, 0.1) is 17.4 Å². The Labute approximate surface area is 161 Å². The van der Waals surface area contributed by atoms with E-state index in [9.17, 15) is 14.7 Å². The van der Waals surface area contributed by atoms with Crippen LogP contribution in [0.15, 0.2) is 53.3 Å². The van der Waals surface area contributed by atoms with Crippen LogP contribution < -0.4 is 10.3 Å². The molecular formula is C21H22N2O5. The largest absolute Gasteiger partial charge is 0.492 e. The molecule has 2 N–H and O–H groups in total. The summed E-state index contributed by atoms with van der Waals surface area (Å²) in [6.45, 7) is 2.63. The standard InChI is InChI=1S/C21H22N2O5/c1-2-19-22-17-6-4-3-5-16(17)20(25)23(19)11-12-28-15-9-7-14(8-10-15)13-18(24)21(26)27/h3-10,18,24H,2,11-13H2,1H3,(H,26,27). The van der Waals surface area contributed by atoms with Crippen LogP contribution >= 0.6 is 0 Å². The Morgan fingerprint density at radius 3 is 2.57 bits per heavy atom. The van der Waals surface area contributed by atoms with Crippen molar-refractivity contribution in [3.63, 3.8) is 0 Å². The monoisotopic (exact) mass is 382 g/mol. The molecule has 0 spiro atoms. The van der Waals surface area contributed by atoms with Crippen LogP contribution in [0.1, 0.15) is 18.3 Å². The molecule has 1 aromatic heterocycles. The third-order valence-corrected chi connectivity index (χ3v) is 4.48. The zero-order chi connectivity index (χ0) is 20.1. The van der Waals surface area contributed by atoms with E-state index in [0.717, 1.165) is 0 Å². The van der Waals surface area contributed by atoms with Crippen molar-refractivity contribution in [3.05, 3.63) is 70.3 Å². The van der Waals surface area contributed by atoms with E-state index < -0.39 is 12.1 Å². The molecule has 3 aromatic rings. The lowest BCUT2D eigenvalue weighted by Gasteiger charge is -2.13. The molecule has 0 amide bonds. The summed E-state index contributed by atoms with van der Waals surface area (Å²) >= 11 is 0. The van der Waals surface area contributed by atoms with Gasteiger partial charge in [0.25, 0.3) is 5.56 Å². The Hall–Kier alpha value is -3.19. The number of benzene rings is 2. The topological polar surface area (TPSA) is 102 Å². The quantitative estimate of drug-likeness (QED) is 0.618. The minimum absolute atomic E-state index is 0.0353. The first-order valence-electron chi connectivity index (χ1n) is 9.10. The fraction of sp³-hybridized carbons (Fsp3) is 0.286. The maximum Gasteiger partial charge on any atom is 0.332 e. The van der Waals surface area contributed by atoms with E-state index in [1.165, 1.54) is 0 Å². The number of carbonyl (C=O) groups is 1. The predicted molar refractivity (Wildman–Crippen MR) is 105 cm³/mol. The number of fused-ring (bicyclic) bond motifs is 1. The molecule has 7 heteroatoms. The molecule has 7 nitrogen and oxygen atoms in total. The summed E-state index contributed by atoms with van der Waals surface area (Å²) in [7, 11) is 0. The third-order valence-electron chi connectivity index (χ3n) is 4.48. The molecule has 0 bridgehead atoms. The van der Waals surface area contributed by atoms with E-state index >= 15 is 0 Å². The molecule has 0 aliphatic rings. The first-order chi connectivity index (χ1) is 13.5. The highest BCUT2D eigenvalue weighted by atomic mass is 16.5. The molecule has 146 valence electrons. The van der Waals surface area contributed by atoms with Gasteiger partial charge in [-0.15, -0.1) is 0 Å². The lowest BCUT2D eigenvalue weighted by atomic mass is 10.1. The number of nitrogens with zero attached hydrogens (tertiary/aromatic N) is 2. The highest BCUT2D eigenvalue weighted by Crippen LogP contribution is 2.14. The fourth-order valence-electron chi connectivity index (χ4n) is 3.00. The normalized spacial score (nSPS) is 12.1. The molecule has 0 saturated heterocycles. The van der Waals surface area contributed by atoms with Crippen LogP contribution in [0.5, 0.6) is 5.75 Å². The molecule has 0 radical (unpaired) electrons. The van der Waals surface area contributed by atoms with E-state index in [2.05, 4.69) is 4.98 Å². The van der Waals surface area contributed by atoms with Gasteiger partial charge in [-0.1, -0.05) is 31.2 Å². The first-order valence-corrected chi connectivity index (χ1v) is 9.10. The number of aromatic nitrogens is 2. The number of carboxylic acids is 1. The number of aliphatic hydroxyl groups is 1. The van der Waals surface area contributed by atoms with Crippen LogP contribution in [-0.4, -0.2) is 38.4 Å². The number of ether oxygens (including phenoxy) is 1. The smallest absolute Gasteiger partial charge is 0.332 e. The Bertz CT molecular complexity index is 1030. The summed E-state index contributed by atoms with van der Waals surface area (Å²) in [5.74, 6) is 0.0696. The number of aliphatic hydroxyl groups excluding tert-OH is 1. The van der Waals surface area contributed by atoms with Crippen molar-refractivity contribution in [2.45, 2.75) is 32.4 Å². The molecule has 0 aliphatic carbocycles. The predicted octanol–water partition coefficient (Wildman–Crippen LogP) is 2.03. The van der Waals surface area contributed by atoms with E-state index in [0.29, 0.717) is 47.6 Å². The van der Waals surface area contributed by atoms with Crippen LogP contribution in [0.2, 0.25) is 0 Å². The number of aliphatic carboxylic acids is 1. The molecule has 1 atom stereocenters. The zero-order valence-corrected chi connectivity index (χ0v) is 15.5. The number of hydrogen-bond donors (Lipinski definition) is 2. The second-order valence-electron chi connectivity index (χ2n) is 6.41. The van der Waals surface area contributed by atoms with Crippen molar-refractivity contribution in [1.82, 2.24) is 9.55 Å². The number of aryl methyl sites for hydroxylation is 1. The van der Waals surface area contributed by atoms with Gasteiger partial charge in [0.2, 0.25) is 0 Å². The van der Waals surface area contributed by atoms with E-state index in [1.807, 2.05) is 25.1 Å². The molecular weight excluding hydrogens is 360 g/mol. The number of carboxylic acid groups (broad SMARTS) is 1. The Morgan fingerprint density at radius 1 is 1.18 bits per heavy atom. The lowest BCUT2D eigenvalue weighted by Crippen LogP contribution is -2.27. The van der Waals surface area contributed by atoms with Crippen LogP contribution in [0.4, 0.5) is 0 Å². The lowest BCUT2D eigenvalue weighted by molar-refractivity contribution is -0.146. The van der Waals surface area contributed by atoms with Crippen molar-refractivity contribution >= 4 is 16.9 Å². The molecule has 28 heavy (non-hydrogen) atoms. The van der Waals surface area contributed by atoms with E-state index in [4.69, 9.17) is 9.84 Å². The summed E-state index contributed by atoms with van der Waals surface area (Å²) in [6.07, 6.45) is -0.750. The maximum absolute atomic E-state index is 12.7. The Balaban J connectivity index is 1.67. The molecule has 2 aromatic carbocycles. The number of rotatable bonds is 8. The van der Waals surface area contributed by atoms with Gasteiger partial charge in [0, 0.05) is 12.8 Å². The average Bonchev–Trinajstić information content (AvgIpc) is 2.70. The van der Waals surface area contributed by atoms with Crippen molar-refractivity contribution in [2.75, 3.05) is 6.61 Å². The summed E-state index contributed by atoms with van der Waals surface area (Å²) < 4.78 is 7.36. The molecule has 1 unspecified atom stereocenters. The SMILES string of the molecule is CCc1nc2ccccc2c(=O)n1CCOc1ccc(CC(O)C(=O)O)cc1. The maximum atomic E-state index is 12.7. The zero-order valence-electron chi connectivity index (χ0n) is 15.5. The van der Waals surface area contributed by atoms with Gasteiger partial charge in [-0.2, -0.15) is 0 Å². The first kappa shape index (κ1) is 19.6. The van der Waals surface area contributed by atoms with E-state index in [1.54, 1.807) is 34.9 Å². The van der Waals surface area contributed by atoms with Gasteiger partial charge in [0.1, 0.15) is 18.2 Å². The molecule has 0 aliphatic heterocycles. The molecule has 0 fully saturated rings. The van der Waals surface area contributed by atoms with Crippen LogP contribution in [-0.2, 0) is 24.2 Å². The van der Waals surface area contributed by atoms with Gasteiger partial charge in [-0.3, -0.25) is 9.36 Å². The van der Waals surface area contributed by atoms with Crippen molar-refractivity contribution in [2.24, 2.45) is 0 Å². The third kappa shape index (κ3) is 4.37. The molecule has 1 heterocycles. The van der Waals surface area contributed by atoms with Gasteiger partial charge in [-0.25, -0.2) is 9.78 Å². The highest BCUT2D eigenvalue weighted by molar-refractivity contribution is 5.77. The average molecular weight is 382 g/mol. The van der Waals surface area contributed by atoms with Gasteiger partial charge in [0.15, 0.2) is 6.10 Å². The minimum atomic E-state index is -1.42. The van der Waals surface area contributed by atoms with Gasteiger partial charge >= 0.3 is 5.97 Å². The van der Waals surface area contributed by atoms with Crippen LogP contribution in [0, 0.1) is 0 Å². The van der Waals surface area contributed by atoms with Crippen molar-refractivity contribution in [3.8, 4) is 5.75 Å².